The van der Waals surface area contributed by atoms with Gasteiger partial charge in [-0.3, -0.25) is 24.0 Å². The van der Waals surface area contributed by atoms with Crippen LogP contribution in [0.4, 0.5) is 5.82 Å². The van der Waals surface area contributed by atoms with Crippen molar-refractivity contribution in [3.8, 4) is 0 Å². The van der Waals surface area contributed by atoms with Gasteiger partial charge in [-0.25, -0.2) is 0 Å². The summed E-state index contributed by atoms with van der Waals surface area (Å²) in [6.45, 7) is 0.0516. The normalized spacial score (nSPS) is 13.4. The summed E-state index contributed by atoms with van der Waals surface area (Å²) >= 11 is 0. The fourth-order valence-electron chi connectivity index (χ4n) is 2.36. The second-order valence-corrected chi connectivity index (χ2v) is 4.95. The van der Waals surface area contributed by atoms with Crippen molar-refractivity contribution in [3.05, 3.63) is 47.7 Å². The molecule has 0 fully saturated rings. The number of hydrogen-bond donors (Lipinski definition) is 1. The van der Waals surface area contributed by atoms with Crippen molar-refractivity contribution >= 4 is 23.5 Å². The minimum Gasteiger partial charge on any atom is -0.311 e. The Morgan fingerprint density at radius 1 is 1.14 bits per heavy atom. The Bertz CT molecular complexity index is 731. The van der Waals surface area contributed by atoms with Crippen LogP contribution in [0, 0.1) is 0 Å². The molecule has 7 nitrogen and oxygen atoms in total. The summed E-state index contributed by atoms with van der Waals surface area (Å²) in [4.78, 5) is 37.3. The highest BCUT2D eigenvalue weighted by Crippen LogP contribution is 2.22. The summed E-state index contributed by atoms with van der Waals surface area (Å²) < 4.78 is 1.53. The van der Waals surface area contributed by atoms with E-state index in [0.717, 1.165) is 4.90 Å². The van der Waals surface area contributed by atoms with Crippen LogP contribution in [0.15, 0.2) is 36.5 Å². The maximum atomic E-state index is 12.2. The Balaban J connectivity index is 1.63. The lowest BCUT2D eigenvalue weighted by molar-refractivity contribution is -0.116. The molecule has 1 aromatic heterocycles. The Morgan fingerprint density at radius 2 is 1.77 bits per heavy atom. The molecule has 0 saturated carbocycles. The fourth-order valence-corrected chi connectivity index (χ4v) is 2.36. The Labute approximate surface area is 126 Å². The summed E-state index contributed by atoms with van der Waals surface area (Å²) in [6.07, 6.45) is 1.61. The van der Waals surface area contributed by atoms with Gasteiger partial charge in [0.1, 0.15) is 5.82 Å². The maximum absolute atomic E-state index is 12.2. The topological polar surface area (TPSA) is 84.3 Å². The first-order valence-electron chi connectivity index (χ1n) is 6.81. The molecular formula is C15H14N4O3. The summed E-state index contributed by atoms with van der Waals surface area (Å²) in [6, 6.07) is 8.32. The van der Waals surface area contributed by atoms with E-state index >= 15 is 0 Å². The van der Waals surface area contributed by atoms with Gasteiger partial charge in [0.25, 0.3) is 11.8 Å². The number of aromatic nitrogens is 2. The van der Waals surface area contributed by atoms with Gasteiger partial charge in [0, 0.05) is 26.1 Å². The van der Waals surface area contributed by atoms with Crippen molar-refractivity contribution in [2.24, 2.45) is 7.05 Å². The molecule has 3 rings (SSSR count). The number of benzene rings is 1. The summed E-state index contributed by atoms with van der Waals surface area (Å²) in [5, 5.41) is 6.62. The number of rotatable bonds is 4. The van der Waals surface area contributed by atoms with Crippen molar-refractivity contribution < 1.29 is 14.4 Å². The molecule has 1 aromatic carbocycles. The highest BCUT2D eigenvalue weighted by Gasteiger charge is 2.34. The Morgan fingerprint density at radius 3 is 2.32 bits per heavy atom. The fraction of sp³-hybridized carbons (Fsp3) is 0.200. The molecule has 0 spiro atoms. The van der Waals surface area contributed by atoms with Crippen LogP contribution in [-0.4, -0.2) is 38.9 Å². The lowest BCUT2D eigenvalue weighted by Crippen LogP contribution is -2.33. The number of carbonyl (C=O) groups excluding carboxylic acids is 3. The number of amides is 3. The summed E-state index contributed by atoms with van der Waals surface area (Å²) in [7, 11) is 1.71. The third-order valence-electron chi connectivity index (χ3n) is 3.53. The number of fused-ring (bicyclic) bond motifs is 1. The first-order chi connectivity index (χ1) is 10.6. The average molecular weight is 298 g/mol. The average Bonchev–Trinajstić information content (AvgIpc) is 3.01. The van der Waals surface area contributed by atoms with Crippen molar-refractivity contribution in [1.29, 1.82) is 0 Å². The molecule has 2 heterocycles. The van der Waals surface area contributed by atoms with Crippen LogP contribution in [0.25, 0.3) is 0 Å². The van der Waals surface area contributed by atoms with E-state index < -0.39 is 0 Å². The molecule has 1 aliphatic heterocycles. The van der Waals surface area contributed by atoms with Crippen LogP contribution in [0.1, 0.15) is 27.1 Å². The zero-order chi connectivity index (χ0) is 15.7. The lowest BCUT2D eigenvalue weighted by atomic mass is 10.1. The molecule has 7 heteroatoms. The molecule has 2 aromatic rings. The number of nitrogens with one attached hydrogen (secondary N) is 1. The van der Waals surface area contributed by atoms with E-state index in [-0.39, 0.29) is 30.7 Å². The third-order valence-corrected chi connectivity index (χ3v) is 3.53. The molecule has 1 aliphatic rings. The van der Waals surface area contributed by atoms with Gasteiger partial charge in [-0.1, -0.05) is 12.1 Å². The van der Waals surface area contributed by atoms with E-state index in [1.165, 1.54) is 4.68 Å². The minimum atomic E-state index is -0.353. The lowest BCUT2D eigenvalue weighted by Gasteiger charge is -2.13. The van der Waals surface area contributed by atoms with E-state index in [9.17, 15) is 14.4 Å². The predicted molar refractivity (Wildman–Crippen MR) is 78.3 cm³/mol. The molecule has 22 heavy (non-hydrogen) atoms. The van der Waals surface area contributed by atoms with E-state index in [0.29, 0.717) is 16.9 Å². The van der Waals surface area contributed by atoms with Crippen LogP contribution in [-0.2, 0) is 11.8 Å². The number of imide groups is 1. The van der Waals surface area contributed by atoms with Crippen LogP contribution in [0.5, 0.6) is 0 Å². The number of anilines is 1. The standard InChI is InChI=1S/C15H14N4O3/c1-18-12(6-8-16-18)17-13(20)7-9-19-14(21)10-4-2-3-5-11(10)15(19)22/h2-6,8H,7,9H2,1H3,(H,17,20). The smallest absolute Gasteiger partial charge is 0.261 e. The van der Waals surface area contributed by atoms with Crippen molar-refractivity contribution in [2.75, 3.05) is 11.9 Å². The van der Waals surface area contributed by atoms with E-state index in [2.05, 4.69) is 10.4 Å². The molecule has 0 atom stereocenters. The van der Waals surface area contributed by atoms with Gasteiger partial charge < -0.3 is 5.32 Å². The molecule has 0 bridgehead atoms. The summed E-state index contributed by atoms with van der Waals surface area (Å²) in [5.41, 5.74) is 0.777. The molecule has 0 radical (unpaired) electrons. The van der Waals surface area contributed by atoms with Crippen molar-refractivity contribution in [2.45, 2.75) is 6.42 Å². The minimum absolute atomic E-state index is 0.0383. The van der Waals surface area contributed by atoms with Gasteiger partial charge >= 0.3 is 0 Å². The van der Waals surface area contributed by atoms with Gasteiger partial charge in [0.05, 0.1) is 17.3 Å². The zero-order valence-corrected chi connectivity index (χ0v) is 11.9. The third kappa shape index (κ3) is 2.37. The Hall–Kier alpha value is -2.96. The van der Waals surface area contributed by atoms with Gasteiger partial charge in [-0.2, -0.15) is 5.10 Å². The highest BCUT2D eigenvalue weighted by atomic mass is 16.2. The van der Waals surface area contributed by atoms with Crippen molar-refractivity contribution in [1.82, 2.24) is 14.7 Å². The first kappa shape index (κ1) is 14.0. The molecule has 0 unspecified atom stereocenters. The van der Waals surface area contributed by atoms with E-state index in [1.54, 1.807) is 43.6 Å². The van der Waals surface area contributed by atoms with Crippen molar-refractivity contribution in [3.63, 3.8) is 0 Å². The van der Waals surface area contributed by atoms with Gasteiger partial charge in [0.15, 0.2) is 0 Å². The molecule has 1 N–H and O–H groups in total. The highest BCUT2D eigenvalue weighted by molar-refractivity contribution is 6.21. The largest absolute Gasteiger partial charge is 0.311 e. The second-order valence-electron chi connectivity index (χ2n) is 4.95. The second kappa shape index (κ2) is 5.44. The predicted octanol–water partition coefficient (Wildman–Crippen LogP) is 1.04. The van der Waals surface area contributed by atoms with E-state index in [4.69, 9.17) is 0 Å². The number of carbonyl (C=O) groups is 3. The van der Waals surface area contributed by atoms with Crippen LogP contribution >= 0.6 is 0 Å². The quantitative estimate of drug-likeness (QED) is 0.855. The van der Waals surface area contributed by atoms with E-state index in [1.807, 2.05) is 0 Å². The monoisotopic (exact) mass is 298 g/mol. The summed E-state index contributed by atoms with van der Waals surface area (Å²) in [5.74, 6) is -0.421. The molecular weight excluding hydrogens is 284 g/mol. The van der Waals surface area contributed by atoms with Crippen LogP contribution < -0.4 is 5.32 Å². The Kier molecular flexibility index (Phi) is 3.46. The van der Waals surface area contributed by atoms with Gasteiger partial charge in [-0.05, 0) is 12.1 Å². The maximum Gasteiger partial charge on any atom is 0.261 e. The zero-order valence-electron chi connectivity index (χ0n) is 11.9. The van der Waals surface area contributed by atoms with Crippen LogP contribution in [0.3, 0.4) is 0 Å². The number of hydrogen-bond acceptors (Lipinski definition) is 4. The number of nitrogens with zero attached hydrogens (tertiary/aromatic N) is 3. The first-order valence-corrected chi connectivity index (χ1v) is 6.81. The van der Waals surface area contributed by atoms with Gasteiger partial charge in [-0.15, -0.1) is 0 Å². The number of aryl methyl sites for hydroxylation is 1. The van der Waals surface area contributed by atoms with Gasteiger partial charge in [0.2, 0.25) is 5.91 Å². The molecule has 112 valence electrons. The molecule has 3 amide bonds. The molecule has 0 aliphatic carbocycles. The SMILES string of the molecule is Cn1nccc1NC(=O)CCN1C(=O)c2ccccc2C1=O. The molecule has 0 saturated heterocycles. The van der Waals surface area contributed by atoms with Crippen LogP contribution in [0.2, 0.25) is 0 Å².